The van der Waals surface area contributed by atoms with Crippen molar-refractivity contribution in [1.82, 2.24) is 10.2 Å². The molecule has 0 saturated carbocycles. The lowest BCUT2D eigenvalue weighted by atomic mass is 10.1. The quantitative estimate of drug-likeness (QED) is 0.592. The molecule has 7 heteroatoms. The van der Waals surface area contributed by atoms with E-state index in [9.17, 15) is 9.59 Å². The van der Waals surface area contributed by atoms with Gasteiger partial charge in [-0.2, -0.15) is 0 Å². The maximum absolute atomic E-state index is 13.0. The Morgan fingerprint density at radius 2 is 1.73 bits per heavy atom. The minimum atomic E-state index is -0.690. The van der Waals surface area contributed by atoms with Crippen molar-refractivity contribution in [2.24, 2.45) is 5.92 Å². The van der Waals surface area contributed by atoms with E-state index in [-0.39, 0.29) is 25.0 Å². The Bertz CT molecular complexity index is 869. The molecule has 0 spiro atoms. The van der Waals surface area contributed by atoms with Crippen molar-refractivity contribution in [3.63, 3.8) is 0 Å². The van der Waals surface area contributed by atoms with Crippen molar-refractivity contribution in [3.8, 4) is 5.75 Å². The second-order valence-electron chi connectivity index (χ2n) is 7.67. The fraction of sp³-hybridized carbons (Fsp3) is 0.391. The van der Waals surface area contributed by atoms with E-state index in [1.807, 2.05) is 45.0 Å². The van der Waals surface area contributed by atoms with Crippen LogP contribution in [0.1, 0.15) is 31.9 Å². The zero-order valence-electron chi connectivity index (χ0n) is 17.7. The fourth-order valence-electron chi connectivity index (χ4n) is 2.73. The second-order valence-corrected chi connectivity index (χ2v) is 8.52. The molecule has 0 radical (unpaired) electrons. The van der Waals surface area contributed by atoms with Gasteiger partial charge in [0.15, 0.2) is 6.61 Å². The lowest BCUT2D eigenvalue weighted by Gasteiger charge is -2.29. The molecule has 0 aromatic heterocycles. The van der Waals surface area contributed by atoms with Crippen molar-refractivity contribution in [2.45, 2.75) is 40.3 Å². The lowest BCUT2D eigenvalue weighted by Crippen LogP contribution is -2.49. The highest BCUT2D eigenvalue weighted by Gasteiger charge is 2.27. The number of ether oxygens (including phenoxy) is 1. The van der Waals surface area contributed by atoms with Gasteiger partial charge in [-0.1, -0.05) is 60.8 Å². The Kier molecular flexibility index (Phi) is 9.00. The number of nitrogens with zero attached hydrogens (tertiary/aromatic N) is 1. The van der Waals surface area contributed by atoms with E-state index >= 15 is 0 Å². The van der Waals surface area contributed by atoms with Gasteiger partial charge in [-0.15, -0.1) is 0 Å². The van der Waals surface area contributed by atoms with Crippen LogP contribution in [-0.4, -0.2) is 35.9 Å². The van der Waals surface area contributed by atoms with E-state index < -0.39 is 6.04 Å². The van der Waals surface area contributed by atoms with Crippen LogP contribution in [0.4, 0.5) is 0 Å². The Hall–Kier alpha value is -2.24. The zero-order chi connectivity index (χ0) is 22.3. The summed E-state index contributed by atoms with van der Waals surface area (Å²) in [4.78, 5) is 27.1. The molecule has 30 heavy (non-hydrogen) atoms. The number of nitrogens with one attached hydrogen (secondary N) is 1. The molecule has 0 aliphatic carbocycles. The number of benzene rings is 2. The van der Waals surface area contributed by atoms with Crippen molar-refractivity contribution in [1.29, 1.82) is 0 Å². The summed E-state index contributed by atoms with van der Waals surface area (Å²) in [6.07, 6.45) is 0. The van der Waals surface area contributed by atoms with Crippen LogP contribution >= 0.6 is 23.2 Å². The van der Waals surface area contributed by atoms with E-state index in [4.69, 9.17) is 27.9 Å². The average Bonchev–Trinajstić information content (AvgIpc) is 2.70. The number of rotatable bonds is 9. The van der Waals surface area contributed by atoms with Gasteiger partial charge >= 0.3 is 0 Å². The zero-order valence-corrected chi connectivity index (χ0v) is 19.3. The van der Waals surface area contributed by atoms with E-state index in [1.54, 1.807) is 25.1 Å². The van der Waals surface area contributed by atoms with Crippen LogP contribution in [0.2, 0.25) is 10.0 Å². The Labute approximate surface area is 188 Å². The van der Waals surface area contributed by atoms with Crippen LogP contribution in [0.5, 0.6) is 5.75 Å². The molecule has 0 saturated heterocycles. The van der Waals surface area contributed by atoms with Crippen LogP contribution in [0.15, 0.2) is 42.5 Å². The second kappa shape index (κ2) is 11.2. The number of carbonyl (C=O) groups excluding carboxylic acids is 2. The summed E-state index contributed by atoms with van der Waals surface area (Å²) in [5, 5.41) is 3.82. The van der Waals surface area contributed by atoms with E-state index in [2.05, 4.69) is 5.32 Å². The summed E-state index contributed by atoms with van der Waals surface area (Å²) < 4.78 is 5.64. The van der Waals surface area contributed by atoms with Crippen LogP contribution in [0.25, 0.3) is 0 Å². The van der Waals surface area contributed by atoms with Crippen molar-refractivity contribution in [2.75, 3.05) is 13.2 Å². The van der Waals surface area contributed by atoms with Crippen LogP contribution < -0.4 is 10.1 Å². The molecule has 1 N–H and O–H groups in total. The standard InChI is InChI=1S/C23H28Cl2N2O3/c1-15(2)12-26-23(29)17(4)27(13-18-7-8-19(24)11-21(18)25)22(28)14-30-20-9-5-16(3)6-10-20/h5-11,15,17H,12-14H2,1-4H3,(H,26,29)/t17-/m1/s1. The maximum atomic E-state index is 13.0. The number of amides is 2. The molecule has 0 bridgehead atoms. The van der Waals surface area contributed by atoms with Gasteiger partial charge in [0.05, 0.1) is 0 Å². The van der Waals surface area contributed by atoms with Crippen LogP contribution in [0, 0.1) is 12.8 Å². The molecule has 2 amide bonds. The minimum absolute atomic E-state index is 0.169. The highest BCUT2D eigenvalue weighted by molar-refractivity contribution is 6.35. The summed E-state index contributed by atoms with van der Waals surface area (Å²) in [7, 11) is 0. The summed E-state index contributed by atoms with van der Waals surface area (Å²) in [6, 6.07) is 11.8. The first-order valence-electron chi connectivity index (χ1n) is 9.88. The molecule has 0 heterocycles. The number of carbonyl (C=O) groups is 2. The molecule has 2 aromatic rings. The molecular formula is C23H28Cl2N2O3. The monoisotopic (exact) mass is 450 g/mol. The topological polar surface area (TPSA) is 58.6 Å². The molecule has 2 aromatic carbocycles. The normalized spacial score (nSPS) is 11.8. The highest BCUT2D eigenvalue weighted by Crippen LogP contribution is 2.23. The summed E-state index contributed by atoms with van der Waals surface area (Å²) in [6.45, 7) is 8.21. The van der Waals surface area contributed by atoms with Gasteiger partial charge in [-0.3, -0.25) is 9.59 Å². The van der Waals surface area contributed by atoms with Gasteiger partial charge < -0.3 is 15.0 Å². The molecule has 0 fully saturated rings. The van der Waals surface area contributed by atoms with Crippen LogP contribution in [0.3, 0.4) is 0 Å². The van der Waals surface area contributed by atoms with Gasteiger partial charge in [0.2, 0.25) is 5.91 Å². The third-order valence-corrected chi connectivity index (χ3v) is 5.18. The SMILES string of the molecule is Cc1ccc(OCC(=O)N(Cc2ccc(Cl)cc2Cl)[C@H](C)C(=O)NCC(C)C)cc1. The summed E-state index contributed by atoms with van der Waals surface area (Å²) in [5.74, 6) is 0.363. The largest absolute Gasteiger partial charge is 0.484 e. The molecule has 1 atom stereocenters. The van der Waals surface area contributed by atoms with Crippen molar-refractivity contribution < 1.29 is 14.3 Å². The first kappa shape index (κ1) is 24.0. The Morgan fingerprint density at radius 3 is 2.33 bits per heavy atom. The van der Waals surface area contributed by atoms with Gasteiger partial charge in [0.25, 0.3) is 5.91 Å². The average molecular weight is 451 g/mol. The molecule has 0 unspecified atom stereocenters. The van der Waals surface area contributed by atoms with E-state index in [0.29, 0.717) is 33.8 Å². The van der Waals surface area contributed by atoms with Crippen molar-refractivity contribution in [3.05, 3.63) is 63.6 Å². The predicted molar refractivity (Wildman–Crippen MR) is 121 cm³/mol. The van der Waals surface area contributed by atoms with Gasteiger partial charge in [0, 0.05) is 23.1 Å². The summed E-state index contributed by atoms with van der Waals surface area (Å²) >= 11 is 12.3. The predicted octanol–water partition coefficient (Wildman–Crippen LogP) is 4.87. The van der Waals surface area contributed by atoms with E-state index in [1.165, 1.54) is 4.90 Å². The molecule has 2 rings (SSSR count). The van der Waals surface area contributed by atoms with E-state index in [0.717, 1.165) is 5.56 Å². The third-order valence-electron chi connectivity index (χ3n) is 4.59. The van der Waals surface area contributed by atoms with Gasteiger partial charge in [0.1, 0.15) is 11.8 Å². The number of halogens is 2. The molecule has 5 nitrogen and oxygen atoms in total. The Balaban J connectivity index is 2.16. The Morgan fingerprint density at radius 1 is 1.07 bits per heavy atom. The highest BCUT2D eigenvalue weighted by atomic mass is 35.5. The molecule has 162 valence electrons. The number of aryl methyl sites for hydroxylation is 1. The first-order valence-corrected chi connectivity index (χ1v) is 10.6. The number of hydrogen-bond acceptors (Lipinski definition) is 3. The molecule has 0 aliphatic rings. The molecular weight excluding hydrogens is 423 g/mol. The first-order chi connectivity index (χ1) is 14.2. The smallest absolute Gasteiger partial charge is 0.261 e. The van der Waals surface area contributed by atoms with Crippen LogP contribution in [-0.2, 0) is 16.1 Å². The van der Waals surface area contributed by atoms with Crippen molar-refractivity contribution >= 4 is 35.0 Å². The lowest BCUT2D eigenvalue weighted by molar-refractivity contribution is -0.142. The fourth-order valence-corrected chi connectivity index (χ4v) is 3.20. The number of hydrogen-bond donors (Lipinski definition) is 1. The maximum Gasteiger partial charge on any atom is 0.261 e. The third kappa shape index (κ3) is 7.22. The van der Waals surface area contributed by atoms with Gasteiger partial charge in [-0.25, -0.2) is 0 Å². The summed E-state index contributed by atoms with van der Waals surface area (Å²) in [5.41, 5.74) is 1.80. The minimum Gasteiger partial charge on any atom is -0.484 e. The van der Waals surface area contributed by atoms with Gasteiger partial charge in [-0.05, 0) is 49.6 Å². The molecule has 0 aliphatic heterocycles.